The van der Waals surface area contributed by atoms with Gasteiger partial charge in [0.15, 0.2) is 0 Å². The largest absolute Gasteiger partial charge is 0.417 e. The molecule has 31 heavy (non-hydrogen) atoms. The summed E-state index contributed by atoms with van der Waals surface area (Å²) in [5, 5.41) is 0. The van der Waals surface area contributed by atoms with Crippen LogP contribution >= 0.6 is 0 Å². The van der Waals surface area contributed by atoms with Crippen molar-refractivity contribution in [2.75, 3.05) is 26.2 Å². The molecule has 0 bridgehead atoms. The Kier molecular flexibility index (Phi) is 6.60. The lowest BCUT2D eigenvalue weighted by atomic mass is 10.1. The van der Waals surface area contributed by atoms with Gasteiger partial charge in [0.05, 0.1) is 11.1 Å². The van der Waals surface area contributed by atoms with E-state index >= 15 is 0 Å². The molecule has 0 spiro atoms. The molecule has 2 aromatic rings. The molecule has 3 rings (SSSR count). The topological polar surface area (TPSA) is 23.6 Å². The van der Waals surface area contributed by atoms with E-state index in [0.29, 0.717) is 32.7 Å². The van der Waals surface area contributed by atoms with Crippen LogP contribution in [0.5, 0.6) is 0 Å². The Balaban J connectivity index is 1.56. The van der Waals surface area contributed by atoms with Crippen LogP contribution in [0, 0.1) is 11.8 Å². The molecule has 1 aliphatic heterocycles. The van der Waals surface area contributed by atoms with Crippen molar-refractivity contribution in [2.24, 2.45) is 0 Å². The lowest BCUT2D eigenvalue weighted by molar-refractivity contribution is -0.138. The number of alkyl halides is 6. The minimum atomic E-state index is -4.56. The zero-order chi connectivity index (χ0) is 22.6. The van der Waals surface area contributed by atoms with Gasteiger partial charge in [0.2, 0.25) is 0 Å². The zero-order valence-corrected chi connectivity index (χ0v) is 16.2. The number of hydrogen-bond acceptors (Lipinski definition) is 2. The van der Waals surface area contributed by atoms with Crippen LogP contribution in [0.25, 0.3) is 0 Å². The first-order valence-electron chi connectivity index (χ1n) is 9.40. The molecule has 0 N–H and O–H groups in total. The third-order valence-corrected chi connectivity index (χ3v) is 4.88. The molecule has 0 atom stereocenters. The Bertz CT molecular complexity index is 978. The van der Waals surface area contributed by atoms with Gasteiger partial charge in [-0.3, -0.25) is 9.69 Å². The van der Waals surface area contributed by atoms with Gasteiger partial charge in [-0.2, -0.15) is 26.3 Å². The van der Waals surface area contributed by atoms with Crippen molar-refractivity contribution < 1.29 is 31.1 Å². The molecule has 0 unspecified atom stereocenters. The quantitative estimate of drug-likeness (QED) is 0.510. The maximum absolute atomic E-state index is 13.0. The van der Waals surface area contributed by atoms with Crippen molar-refractivity contribution in [3.8, 4) is 11.8 Å². The van der Waals surface area contributed by atoms with Crippen LogP contribution in [0.2, 0.25) is 0 Å². The standard InChI is InChI=1S/C22H18F6N2O/c23-21(24,25)18-8-5-16(6-9-18)15-29-11-13-30(14-12-29)20(31)10-7-17-3-1-2-4-19(17)22(26,27)28/h1-6,8-9H,11-15H2. The number of carbonyl (C=O) groups excluding carboxylic acids is 1. The molecule has 0 radical (unpaired) electrons. The monoisotopic (exact) mass is 440 g/mol. The summed E-state index contributed by atoms with van der Waals surface area (Å²) in [5.41, 5.74) is -1.14. The lowest BCUT2D eigenvalue weighted by Gasteiger charge is -2.33. The summed E-state index contributed by atoms with van der Waals surface area (Å²) in [4.78, 5) is 15.7. The number of amides is 1. The van der Waals surface area contributed by atoms with Gasteiger partial charge >= 0.3 is 12.4 Å². The van der Waals surface area contributed by atoms with E-state index < -0.39 is 29.4 Å². The molecule has 0 aliphatic carbocycles. The highest BCUT2D eigenvalue weighted by Gasteiger charge is 2.33. The van der Waals surface area contributed by atoms with Gasteiger partial charge in [-0.15, -0.1) is 0 Å². The molecule has 2 aromatic carbocycles. The second-order valence-corrected chi connectivity index (χ2v) is 7.06. The summed E-state index contributed by atoms with van der Waals surface area (Å²) >= 11 is 0. The van der Waals surface area contributed by atoms with Crippen LogP contribution in [0.3, 0.4) is 0 Å². The third kappa shape index (κ3) is 6.01. The number of halogens is 6. The second-order valence-electron chi connectivity index (χ2n) is 7.06. The molecule has 1 saturated heterocycles. The number of hydrogen-bond donors (Lipinski definition) is 0. The number of piperazine rings is 1. The third-order valence-electron chi connectivity index (χ3n) is 4.88. The summed E-state index contributed by atoms with van der Waals surface area (Å²) in [7, 11) is 0. The molecule has 1 heterocycles. The van der Waals surface area contributed by atoms with Gasteiger partial charge in [0.25, 0.3) is 5.91 Å². The minimum Gasteiger partial charge on any atom is -0.329 e. The van der Waals surface area contributed by atoms with Crippen molar-refractivity contribution in [3.63, 3.8) is 0 Å². The molecule has 1 aliphatic rings. The van der Waals surface area contributed by atoms with Gasteiger partial charge in [-0.05, 0) is 29.8 Å². The summed E-state index contributed by atoms with van der Waals surface area (Å²) in [6.45, 7) is 2.05. The van der Waals surface area contributed by atoms with E-state index in [4.69, 9.17) is 0 Å². The Morgan fingerprint density at radius 3 is 2.03 bits per heavy atom. The van der Waals surface area contributed by atoms with Gasteiger partial charge in [-0.25, -0.2) is 0 Å². The first-order chi connectivity index (χ1) is 14.5. The van der Waals surface area contributed by atoms with E-state index in [-0.39, 0.29) is 5.56 Å². The SMILES string of the molecule is O=C(C#Cc1ccccc1C(F)(F)F)N1CCN(Cc2ccc(C(F)(F)F)cc2)CC1. The molecule has 0 saturated carbocycles. The van der Waals surface area contributed by atoms with E-state index in [2.05, 4.69) is 11.8 Å². The van der Waals surface area contributed by atoms with Crippen LogP contribution in [0.4, 0.5) is 26.3 Å². The van der Waals surface area contributed by atoms with E-state index in [1.54, 1.807) is 0 Å². The van der Waals surface area contributed by atoms with Crippen molar-refractivity contribution in [2.45, 2.75) is 18.9 Å². The van der Waals surface area contributed by atoms with E-state index in [9.17, 15) is 31.1 Å². The van der Waals surface area contributed by atoms with Crippen molar-refractivity contribution in [1.29, 1.82) is 0 Å². The van der Waals surface area contributed by atoms with Crippen LogP contribution in [-0.2, 0) is 23.7 Å². The van der Waals surface area contributed by atoms with Gasteiger partial charge in [0, 0.05) is 44.2 Å². The maximum Gasteiger partial charge on any atom is 0.417 e. The zero-order valence-electron chi connectivity index (χ0n) is 16.2. The summed E-state index contributed by atoms with van der Waals surface area (Å²) < 4.78 is 76.9. The number of nitrogens with zero attached hydrogens (tertiary/aromatic N) is 2. The van der Waals surface area contributed by atoms with E-state index in [1.807, 2.05) is 4.90 Å². The fraction of sp³-hybridized carbons (Fsp3) is 0.318. The molecule has 3 nitrogen and oxygen atoms in total. The average Bonchev–Trinajstić information content (AvgIpc) is 2.72. The maximum atomic E-state index is 13.0. The van der Waals surface area contributed by atoms with Crippen molar-refractivity contribution >= 4 is 5.91 Å². The Morgan fingerprint density at radius 1 is 0.839 bits per heavy atom. The molecule has 1 amide bonds. The average molecular weight is 440 g/mol. The van der Waals surface area contributed by atoms with Crippen LogP contribution < -0.4 is 0 Å². The van der Waals surface area contributed by atoms with E-state index in [1.165, 1.54) is 35.2 Å². The molecule has 9 heteroatoms. The van der Waals surface area contributed by atoms with Crippen LogP contribution in [-0.4, -0.2) is 41.9 Å². The van der Waals surface area contributed by atoms with Crippen LogP contribution in [0.1, 0.15) is 22.3 Å². The fourth-order valence-electron chi connectivity index (χ4n) is 3.21. The second kappa shape index (κ2) is 9.02. The predicted octanol–water partition coefficient (Wildman–Crippen LogP) is 4.42. The molecule has 0 aromatic heterocycles. The first-order valence-corrected chi connectivity index (χ1v) is 9.40. The molecular formula is C22H18F6N2O. The van der Waals surface area contributed by atoms with Crippen molar-refractivity contribution in [1.82, 2.24) is 9.80 Å². The van der Waals surface area contributed by atoms with Gasteiger partial charge in [-0.1, -0.05) is 30.2 Å². The summed E-state index contributed by atoms with van der Waals surface area (Å²) in [6, 6.07) is 9.70. The highest BCUT2D eigenvalue weighted by Crippen LogP contribution is 2.31. The minimum absolute atomic E-state index is 0.260. The highest BCUT2D eigenvalue weighted by atomic mass is 19.4. The van der Waals surface area contributed by atoms with Gasteiger partial charge in [0.1, 0.15) is 0 Å². The summed E-state index contributed by atoms with van der Waals surface area (Å²) in [5.74, 6) is 4.03. The molecule has 1 fully saturated rings. The molecular weight excluding hydrogens is 422 g/mol. The molecule has 164 valence electrons. The fourth-order valence-corrected chi connectivity index (χ4v) is 3.21. The Morgan fingerprint density at radius 2 is 1.45 bits per heavy atom. The normalized spacial score (nSPS) is 15.4. The van der Waals surface area contributed by atoms with Crippen LogP contribution in [0.15, 0.2) is 48.5 Å². The smallest absolute Gasteiger partial charge is 0.329 e. The number of carbonyl (C=O) groups is 1. The first kappa shape index (κ1) is 22.7. The Labute approximate surface area is 175 Å². The number of rotatable bonds is 2. The highest BCUT2D eigenvalue weighted by molar-refractivity contribution is 5.94. The number of benzene rings is 2. The summed E-state index contributed by atoms with van der Waals surface area (Å²) in [6.07, 6.45) is -8.94. The lowest BCUT2D eigenvalue weighted by Crippen LogP contribution is -2.47. The van der Waals surface area contributed by atoms with Crippen molar-refractivity contribution in [3.05, 3.63) is 70.8 Å². The van der Waals surface area contributed by atoms with E-state index in [0.717, 1.165) is 23.8 Å². The van der Waals surface area contributed by atoms with Gasteiger partial charge < -0.3 is 4.90 Å². The Hall–Kier alpha value is -2.99. The predicted molar refractivity (Wildman–Crippen MR) is 102 cm³/mol.